The maximum absolute atomic E-state index is 10.7. The summed E-state index contributed by atoms with van der Waals surface area (Å²) in [6.45, 7) is 3.46. The molecule has 0 spiro atoms. The molecule has 4 amide bonds. The molecular weight excluding hydrogens is 252 g/mol. The number of nitrogens with one attached hydrogen (secondary N) is 4. The first-order valence-electron chi connectivity index (χ1n) is 5.80. The van der Waals surface area contributed by atoms with Gasteiger partial charge in [0.25, 0.3) is 0 Å². The van der Waals surface area contributed by atoms with Crippen LogP contribution in [0, 0.1) is 6.42 Å². The van der Waals surface area contributed by atoms with Crippen LogP contribution in [0.25, 0.3) is 0 Å². The maximum Gasteiger partial charge on any atom is 0.208 e. The summed E-state index contributed by atoms with van der Waals surface area (Å²) in [5, 5.41) is 9.85. The third-order valence-electron chi connectivity index (χ3n) is 2.87. The molecule has 0 aliphatic rings. The number of amides is 4. The average molecular weight is 271 g/mol. The third-order valence-corrected chi connectivity index (χ3v) is 2.87. The number of carbonyl (C=O) groups excluding carboxylic acids is 4. The highest BCUT2D eigenvalue weighted by Crippen LogP contribution is 2.20. The lowest BCUT2D eigenvalue weighted by Gasteiger charge is -2.41. The average Bonchev–Trinajstić information content (AvgIpc) is 2.39. The first-order chi connectivity index (χ1) is 9.07. The van der Waals surface area contributed by atoms with E-state index in [1.54, 1.807) is 13.8 Å². The van der Waals surface area contributed by atoms with Crippen LogP contribution in [0.2, 0.25) is 0 Å². The van der Waals surface area contributed by atoms with E-state index in [1.165, 1.54) is 6.42 Å². The summed E-state index contributed by atoms with van der Waals surface area (Å²) in [6, 6.07) is 0. The molecule has 0 heterocycles. The summed E-state index contributed by atoms with van der Waals surface area (Å²) in [5.74, 6) is 0. The Labute approximate surface area is 111 Å². The van der Waals surface area contributed by atoms with Gasteiger partial charge in [-0.3, -0.25) is 19.2 Å². The van der Waals surface area contributed by atoms with E-state index in [4.69, 9.17) is 0 Å². The summed E-state index contributed by atoms with van der Waals surface area (Å²) in [4.78, 5) is 42.7. The molecule has 0 saturated heterocycles. The SMILES string of the molecule is CCC([CH]C(CC)(NC=O)NC=O)(NC=O)NC=O. The van der Waals surface area contributed by atoms with Crippen molar-refractivity contribution in [2.75, 3.05) is 0 Å². The van der Waals surface area contributed by atoms with E-state index in [1.807, 2.05) is 0 Å². The van der Waals surface area contributed by atoms with E-state index in [9.17, 15) is 19.2 Å². The van der Waals surface area contributed by atoms with Gasteiger partial charge in [-0.15, -0.1) is 0 Å². The summed E-state index contributed by atoms with van der Waals surface area (Å²) in [6.07, 6.45) is 3.83. The van der Waals surface area contributed by atoms with Crippen LogP contribution in [0.4, 0.5) is 0 Å². The van der Waals surface area contributed by atoms with Gasteiger partial charge in [0, 0.05) is 0 Å². The van der Waals surface area contributed by atoms with Gasteiger partial charge in [0.1, 0.15) is 11.3 Å². The topological polar surface area (TPSA) is 116 Å². The second kappa shape index (κ2) is 8.06. The van der Waals surface area contributed by atoms with Crippen molar-refractivity contribution in [2.24, 2.45) is 0 Å². The van der Waals surface area contributed by atoms with Gasteiger partial charge in [0.2, 0.25) is 25.6 Å². The highest BCUT2D eigenvalue weighted by molar-refractivity contribution is 5.57. The molecule has 0 aromatic rings. The molecule has 4 N–H and O–H groups in total. The third kappa shape index (κ3) is 4.57. The molecule has 0 rings (SSSR count). The Morgan fingerprint density at radius 3 is 1.11 bits per heavy atom. The first kappa shape index (κ1) is 16.9. The molecule has 0 saturated carbocycles. The summed E-state index contributed by atoms with van der Waals surface area (Å²) >= 11 is 0. The lowest BCUT2D eigenvalue weighted by Crippen LogP contribution is -2.67. The van der Waals surface area contributed by atoms with Crippen LogP contribution in [-0.4, -0.2) is 37.0 Å². The van der Waals surface area contributed by atoms with Crippen LogP contribution in [0.1, 0.15) is 26.7 Å². The van der Waals surface area contributed by atoms with Gasteiger partial charge in [0.05, 0.1) is 6.42 Å². The quantitative estimate of drug-likeness (QED) is 0.252. The zero-order chi connectivity index (χ0) is 14.8. The molecule has 0 atom stereocenters. The number of rotatable bonds is 12. The fourth-order valence-corrected chi connectivity index (χ4v) is 1.70. The Morgan fingerprint density at radius 2 is 0.947 bits per heavy atom. The number of hydrogen-bond donors (Lipinski definition) is 4. The minimum absolute atomic E-state index is 0.327. The Kier molecular flexibility index (Phi) is 7.16. The van der Waals surface area contributed by atoms with E-state index in [2.05, 4.69) is 21.3 Å². The largest absolute Gasteiger partial charge is 0.336 e. The summed E-state index contributed by atoms with van der Waals surface area (Å²) in [5.41, 5.74) is -2.35. The molecule has 0 unspecified atom stereocenters. The normalized spacial score (nSPS) is 11.1. The van der Waals surface area contributed by atoms with Crippen molar-refractivity contribution < 1.29 is 19.2 Å². The monoisotopic (exact) mass is 271 g/mol. The molecule has 8 nitrogen and oxygen atoms in total. The second-order valence-corrected chi connectivity index (χ2v) is 3.84. The molecule has 0 aliphatic carbocycles. The summed E-state index contributed by atoms with van der Waals surface area (Å²) in [7, 11) is 0. The van der Waals surface area contributed by atoms with Crippen LogP contribution in [-0.2, 0) is 19.2 Å². The van der Waals surface area contributed by atoms with E-state index < -0.39 is 11.3 Å². The minimum Gasteiger partial charge on any atom is -0.336 e. The molecule has 0 bridgehead atoms. The highest BCUT2D eigenvalue weighted by atomic mass is 16.1. The molecule has 0 fully saturated rings. The van der Waals surface area contributed by atoms with Gasteiger partial charge in [-0.1, -0.05) is 13.8 Å². The van der Waals surface area contributed by atoms with Crippen molar-refractivity contribution in [1.82, 2.24) is 21.3 Å². The van der Waals surface area contributed by atoms with Crippen molar-refractivity contribution in [1.29, 1.82) is 0 Å². The Balaban J connectivity index is 5.29. The Bertz CT molecular complexity index is 272. The second-order valence-electron chi connectivity index (χ2n) is 3.84. The predicted molar refractivity (Wildman–Crippen MR) is 67.1 cm³/mol. The van der Waals surface area contributed by atoms with Gasteiger partial charge < -0.3 is 21.3 Å². The Morgan fingerprint density at radius 1 is 0.684 bits per heavy atom. The van der Waals surface area contributed by atoms with Gasteiger partial charge in [0.15, 0.2) is 0 Å². The molecule has 107 valence electrons. The summed E-state index contributed by atoms with van der Waals surface area (Å²) < 4.78 is 0. The zero-order valence-electron chi connectivity index (χ0n) is 10.9. The molecule has 1 radical (unpaired) electrons. The molecule has 8 heteroatoms. The van der Waals surface area contributed by atoms with Crippen LogP contribution in [0.5, 0.6) is 0 Å². The molecule has 0 aromatic heterocycles. The van der Waals surface area contributed by atoms with Gasteiger partial charge in [-0.2, -0.15) is 0 Å². The lowest BCUT2D eigenvalue weighted by molar-refractivity contribution is -0.114. The molecule has 19 heavy (non-hydrogen) atoms. The number of carbonyl (C=O) groups is 4. The maximum atomic E-state index is 10.7. The van der Waals surface area contributed by atoms with Gasteiger partial charge in [-0.25, -0.2) is 0 Å². The van der Waals surface area contributed by atoms with Crippen LogP contribution < -0.4 is 21.3 Å². The van der Waals surface area contributed by atoms with E-state index in [0.717, 1.165) is 0 Å². The Hall–Kier alpha value is -2.12. The van der Waals surface area contributed by atoms with Crippen LogP contribution in [0.3, 0.4) is 0 Å². The van der Waals surface area contributed by atoms with E-state index in [0.29, 0.717) is 38.5 Å². The smallest absolute Gasteiger partial charge is 0.208 e. The van der Waals surface area contributed by atoms with E-state index in [-0.39, 0.29) is 0 Å². The standard InChI is InChI=1S/C11H19N4O4/c1-3-10(12-6-16,13-7-17)5-11(4-2,14-8-18)15-9-19/h5-9H,3-4H2,1-2H3,(H,12,16)(H,13,17)(H,14,18)(H,15,19). The van der Waals surface area contributed by atoms with Crippen molar-refractivity contribution in [3.05, 3.63) is 6.42 Å². The lowest BCUT2D eigenvalue weighted by atomic mass is 9.90. The zero-order valence-corrected chi connectivity index (χ0v) is 10.9. The van der Waals surface area contributed by atoms with E-state index >= 15 is 0 Å². The highest BCUT2D eigenvalue weighted by Gasteiger charge is 2.39. The first-order valence-corrected chi connectivity index (χ1v) is 5.80. The van der Waals surface area contributed by atoms with Crippen molar-refractivity contribution in [2.45, 2.75) is 38.0 Å². The number of hydrogen-bond acceptors (Lipinski definition) is 4. The fourth-order valence-electron chi connectivity index (χ4n) is 1.70. The fraction of sp³-hybridized carbons (Fsp3) is 0.545. The van der Waals surface area contributed by atoms with Gasteiger partial charge >= 0.3 is 0 Å². The molecule has 0 aromatic carbocycles. The van der Waals surface area contributed by atoms with Crippen LogP contribution in [0.15, 0.2) is 0 Å². The van der Waals surface area contributed by atoms with Crippen molar-refractivity contribution in [3.8, 4) is 0 Å². The van der Waals surface area contributed by atoms with Crippen molar-refractivity contribution in [3.63, 3.8) is 0 Å². The molecular formula is C11H19N4O4. The van der Waals surface area contributed by atoms with Gasteiger partial charge in [-0.05, 0) is 12.8 Å². The molecule has 0 aliphatic heterocycles. The van der Waals surface area contributed by atoms with Crippen LogP contribution >= 0.6 is 0 Å². The predicted octanol–water partition coefficient (Wildman–Crippen LogP) is -1.61. The minimum atomic E-state index is -1.18. The van der Waals surface area contributed by atoms with Crippen molar-refractivity contribution >= 4 is 25.6 Å².